The normalized spacial score (nSPS) is 35.3. The lowest BCUT2D eigenvalue weighted by molar-refractivity contribution is -0.252. The maximum atomic E-state index is 9.21. The second-order valence-corrected chi connectivity index (χ2v) is 4.25. The number of aliphatic hydroxyl groups is 1. The molecule has 78 valence electrons. The summed E-state index contributed by atoms with van der Waals surface area (Å²) in [4.78, 5) is 0. The SMILES string of the molecule is CCC1(CO)COC(C(C)C)OC1. The van der Waals surface area contributed by atoms with E-state index in [9.17, 15) is 5.11 Å². The summed E-state index contributed by atoms with van der Waals surface area (Å²) in [5.41, 5.74) is -0.161. The maximum Gasteiger partial charge on any atom is 0.159 e. The fourth-order valence-corrected chi connectivity index (χ4v) is 1.40. The van der Waals surface area contributed by atoms with Crippen molar-refractivity contribution >= 4 is 0 Å². The highest BCUT2D eigenvalue weighted by molar-refractivity contribution is 4.80. The van der Waals surface area contributed by atoms with Crippen LogP contribution in [-0.4, -0.2) is 31.2 Å². The van der Waals surface area contributed by atoms with Crippen molar-refractivity contribution in [1.29, 1.82) is 0 Å². The van der Waals surface area contributed by atoms with Crippen molar-refractivity contribution in [1.82, 2.24) is 0 Å². The average Bonchev–Trinajstić information content (AvgIpc) is 2.18. The zero-order valence-corrected chi connectivity index (χ0v) is 8.75. The first-order valence-corrected chi connectivity index (χ1v) is 4.97. The Kier molecular flexibility index (Phi) is 3.71. The topological polar surface area (TPSA) is 38.7 Å². The minimum Gasteiger partial charge on any atom is -0.396 e. The van der Waals surface area contributed by atoms with Gasteiger partial charge in [0.1, 0.15) is 0 Å². The Bertz CT molecular complexity index is 142. The third kappa shape index (κ3) is 2.42. The van der Waals surface area contributed by atoms with E-state index in [1.807, 2.05) is 0 Å². The van der Waals surface area contributed by atoms with E-state index < -0.39 is 0 Å². The van der Waals surface area contributed by atoms with Gasteiger partial charge in [0.05, 0.1) is 19.8 Å². The predicted molar refractivity (Wildman–Crippen MR) is 50.3 cm³/mol. The summed E-state index contributed by atoms with van der Waals surface area (Å²) in [6.07, 6.45) is 0.806. The Morgan fingerprint density at radius 3 is 2.23 bits per heavy atom. The lowest BCUT2D eigenvalue weighted by Crippen LogP contribution is -2.45. The third-order valence-corrected chi connectivity index (χ3v) is 2.74. The van der Waals surface area contributed by atoms with Crippen molar-refractivity contribution in [3.63, 3.8) is 0 Å². The lowest BCUT2D eigenvalue weighted by Gasteiger charge is -2.39. The first kappa shape index (κ1) is 11.0. The molecule has 0 bridgehead atoms. The quantitative estimate of drug-likeness (QED) is 0.727. The highest BCUT2D eigenvalue weighted by Gasteiger charge is 2.35. The predicted octanol–water partition coefficient (Wildman–Crippen LogP) is 1.40. The molecule has 1 fully saturated rings. The lowest BCUT2D eigenvalue weighted by atomic mass is 9.87. The van der Waals surface area contributed by atoms with Crippen molar-refractivity contribution < 1.29 is 14.6 Å². The zero-order chi connectivity index (χ0) is 9.90. The van der Waals surface area contributed by atoms with E-state index in [2.05, 4.69) is 20.8 Å². The van der Waals surface area contributed by atoms with Crippen LogP contribution in [0.15, 0.2) is 0 Å². The summed E-state index contributed by atoms with van der Waals surface area (Å²) in [5, 5.41) is 9.21. The average molecular weight is 188 g/mol. The molecule has 1 aliphatic heterocycles. The number of hydrogen-bond donors (Lipinski definition) is 1. The third-order valence-electron chi connectivity index (χ3n) is 2.74. The molecule has 0 aliphatic carbocycles. The van der Waals surface area contributed by atoms with Crippen LogP contribution >= 0.6 is 0 Å². The molecule has 0 saturated carbocycles. The second-order valence-electron chi connectivity index (χ2n) is 4.25. The van der Waals surface area contributed by atoms with Crippen LogP contribution in [0.4, 0.5) is 0 Å². The van der Waals surface area contributed by atoms with E-state index in [4.69, 9.17) is 9.47 Å². The van der Waals surface area contributed by atoms with Crippen molar-refractivity contribution in [2.24, 2.45) is 11.3 Å². The van der Waals surface area contributed by atoms with Crippen molar-refractivity contribution in [2.45, 2.75) is 33.5 Å². The number of hydrogen-bond acceptors (Lipinski definition) is 3. The summed E-state index contributed by atoms with van der Waals surface area (Å²) in [5.74, 6) is 0.383. The van der Waals surface area contributed by atoms with Gasteiger partial charge >= 0.3 is 0 Å². The zero-order valence-electron chi connectivity index (χ0n) is 8.75. The first-order chi connectivity index (χ1) is 6.13. The minimum absolute atomic E-state index is 0.0915. The first-order valence-electron chi connectivity index (χ1n) is 4.97. The van der Waals surface area contributed by atoms with Crippen LogP contribution in [0.1, 0.15) is 27.2 Å². The molecule has 3 heteroatoms. The molecular weight excluding hydrogens is 168 g/mol. The molecule has 0 spiro atoms. The Balaban J connectivity index is 2.45. The van der Waals surface area contributed by atoms with E-state index in [0.717, 1.165) is 6.42 Å². The Hall–Kier alpha value is -0.120. The van der Waals surface area contributed by atoms with Gasteiger partial charge in [0.2, 0.25) is 0 Å². The molecule has 1 rings (SSSR count). The Morgan fingerprint density at radius 2 is 1.92 bits per heavy atom. The molecule has 0 radical (unpaired) electrons. The smallest absolute Gasteiger partial charge is 0.159 e. The molecule has 0 aromatic heterocycles. The monoisotopic (exact) mass is 188 g/mol. The van der Waals surface area contributed by atoms with Crippen LogP contribution in [-0.2, 0) is 9.47 Å². The van der Waals surface area contributed by atoms with Crippen LogP contribution in [0.25, 0.3) is 0 Å². The Morgan fingerprint density at radius 1 is 1.38 bits per heavy atom. The van der Waals surface area contributed by atoms with E-state index in [1.165, 1.54) is 0 Å². The van der Waals surface area contributed by atoms with Crippen LogP contribution < -0.4 is 0 Å². The van der Waals surface area contributed by atoms with Gasteiger partial charge in [-0.15, -0.1) is 0 Å². The summed E-state index contributed by atoms with van der Waals surface area (Å²) in [7, 11) is 0. The number of aliphatic hydroxyl groups excluding tert-OH is 1. The van der Waals surface area contributed by atoms with Gasteiger partial charge in [-0.2, -0.15) is 0 Å². The molecular formula is C10H20O3. The standard InChI is InChI=1S/C10H20O3/c1-4-10(5-11)6-12-9(8(2)3)13-7-10/h8-9,11H,4-7H2,1-3H3. The van der Waals surface area contributed by atoms with Gasteiger partial charge in [0.25, 0.3) is 0 Å². The minimum atomic E-state index is -0.161. The van der Waals surface area contributed by atoms with Crippen LogP contribution in [0.3, 0.4) is 0 Å². The van der Waals surface area contributed by atoms with Gasteiger partial charge in [0.15, 0.2) is 6.29 Å². The van der Waals surface area contributed by atoms with E-state index in [0.29, 0.717) is 19.1 Å². The van der Waals surface area contributed by atoms with Crippen molar-refractivity contribution in [2.75, 3.05) is 19.8 Å². The molecule has 0 unspecified atom stereocenters. The maximum absolute atomic E-state index is 9.21. The fourth-order valence-electron chi connectivity index (χ4n) is 1.40. The molecule has 0 aromatic carbocycles. The van der Waals surface area contributed by atoms with Gasteiger partial charge in [-0.05, 0) is 6.42 Å². The number of rotatable bonds is 3. The molecule has 13 heavy (non-hydrogen) atoms. The van der Waals surface area contributed by atoms with Gasteiger partial charge in [0, 0.05) is 11.3 Å². The molecule has 1 heterocycles. The summed E-state index contributed by atoms with van der Waals surface area (Å²) in [6, 6.07) is 0. The Labute approximate surface area is 80.0 Å². The number of ether oxygens (including phenoxy) is 2. The molecule has 0 aromatic rings. The largest absolute Gasteiger partial charge is 0.396 e. The van der Waals surface area contributed by atoms with Crippen molar-refractivity contribution in [3.05, 3.63) is 0 Å². The molecule has 1 aliphatic rings. The van der Waals surface area contributed by atoms with Crippen LogP contribution in [0.5, 0.6) is 0 Å². The van der Waals surface area contributed by atoms with E-state index in [-0.39, 0.29) is 18.3 Å². The van der Waals surface area contributed by atoms with Gasteiger partial charge in [-0.3, -0.25) is 0 Å². The molecule has 0 amide bonds. The molecule has 3 nitrogen and oxygen atoms in total. The molecule has 1 N–H and O–H groups in total. The molecule has 1 saturated heterocycles. The fraction of sp³-hybridized carbons (Fsp3) is 1.00. The molecule has 0 atom stereocenters. The highest BCUT2D eigenvalue weighted by atomic mass is 16.7. The van der Waals surface area contributed by atoms with E-state index in [1.54, 1.807) is 0 Å². The second kappa shape index (κ2) is 4.40. The summed E-state index contributed by atoms with van der Waals surface area (Å²) in [6.45, 7) is 7.57. The van der Waals surface area contributed by atoms with Gasteiger partial charge < -0.3 is 14.6 Å². The van der Waals surface area contributed by atoms with Crippen molar-refractivity contribution in [3.8, 4) is 0 Å². The highest BCUT2D eigenvalue weighted by Crippen LogP contribution is 2.29. The summed E-state index contributed by atoms with van der Waals surface area (Å²) < 4.78 is 11.1. The van der Waals surface area contributed by atoms with Crippen LogP contribution in [0.2, 0.25) is 0 Å². The summed E-state index contributed by atoms with van der Waals surface area (Å²) >= 11 is 0. The van der Waals surface area contributed by atoms with Crippen LogP contribution in [0, 0.1) is 11.3 Å². The van der Waals surface area contributed by atoms with E-state index >= 15 is 0 Å². The van der Waals surface area contributed by atoms with Gasteiger partial charge in [-0.25, -0.2) is 0 Å². The van der Waals surface area contributed by atoms with Gasteiger partial charge in [-0.1, -0.05) is 20.8 Å².